The number of hydrogen-bond acceptors (Lipinski definition) is 4. The number of fused-ring (bicyclic) bond motifs is 1. The Morgan fingerprint density at radius 3 is 2.62 bits per heavy atom. The van der Waals surface area contributed by atoms with Crippen LogP contribution in [0.2, 0.25) is 0 Å². The fourth-order valence-corrected chi connectivity index (χ4v) is 2.37. The van der Waals surface area contributed by atoms with Crippen molar-refractivity contribution < 1.29 is 23.9 Å². The Morgan fingerprint density at radius 2 is 2.00 bits per heavy atom. The first-order valence-corrected chi connectivity index (χ1v) is 7.58. The van der Waals surface area contributed by atoms with Crippen molar-refractivity contribution in [2.75, 3.05) is 13.1 Å². The molecule has 128 valence electrons. The quantitative estimate of drug-likeness (QED) is 0.840. The molecule has 1 aromatic carbocycles. The number of furan rings is 1. The normalized spacial score (nSPS) is 12.0. The molecule has 0 saturated heterocycles. The molecule has 7 heteroatoms. The predicted molar refractivity (Wildman–Crippen MR) is 87.8 cm³/mol. The maximum absolute atomic E-state index is 12.7. The van der Waals surface area contributed by atoms with Gasteiger partial charge in [-0.2, -0.15) is 0 Å². The van der Waals surface area contributed by atoms with Crippen LogP contribution in [0.3, 0.4) is 0 Å². The molecule has 0 saturated carbocycles. The van der Waals surface area contributed by atoms with Gasteiger partial charge in [0.2, 0.25) is 5.91 Å². The van der Waals surface area contributed by atoms with Crippen molar-refractivity contribution >= 4 is 28.8 Å². The van der Waals surface area contributed by atoms with Crippen LogP contribution in [-0.4, -0.2) is 46.9 Å². The fourth-order valence-electron chi connectivity index (χ4n) is 2.37. The molecule has 2 rings (SSSR count). The number of benzene rings is 1. The van der Waals surface area contributed by atoms with Gasteiger partial charge in [0.15, 0.2) is 5.76 Å². The summed E-state index contributed by atoms with van der Waals surface area (Å²) in [5, 5.41) is 12.6. The molecule has 0 aliphatic carbocycles. The van der Waals surface area contributed by atoms with E-state index in [1.165, 1.54) is 18.7 Å². The first kappa shape index (κ1) is 17.5. The number of carboxylic acid groups (broad SMARTS) is 1. The smallest absolute Gasteiger partial charge is 0.326 e. The van der Waals surface area contributed by atoms with Crippen LogP contribution in [0.25, 0.3) is 11.0 Å². The maximum Gasteiger partial charge on any atom is 0.326 e. The summed E-state index contributed by atoms with van der Waals surface area (Å²) in [4.78, 5) is 36.1. The van der Waals surface area contributed by atoms with Gasteiger partial charge in [-0.3, -0.25) is 9.59 Å². The number of carbonyl (C=O) groups is 3. The first-order valence-electron chi connectivity index (χ1n) is 7.58. The van der Waals surface area contributed by atoms with E-state index in [4.69, 9.17) is 4.42 Å². The lowest BCUT2D eigenvalue weighted by Crippen LogP contribution is -2.46. The summed E-state index contributed by atoms with van der Waals surface area (Å²) < 4.78 is 5.55. The lowest BCUT2D eigenvalue weighted by molar-refractivity contribution is -0.141. The lowest BCUT2D eigenvalue weighted by atomic mass is 10.2. The van der Waals surface area contributed by atoms with E-state index in [1.807, 2.05) is 19.1 Å². The van der Waals surface area contributed by atoms with E-state index in [0.29, 0.717) is 5.58 Å². The molecule has 1 aromatic heterocycles. The van der Waals surface area contributed by atoms with E-state index >= 15 is 0 Å². The van der Waals surface area contributed by atoms with Crippen molar-refractivity contribution in [3.05, 3.63) is 35.6 Å². The highest BCUT2D eigenvalue weighted by Gasteiger charge is 2.28. The van der Waals surface area contributed by atoms with Gasteiger partial charge in [0.1, 0.15) is 11.6 Å². The number of carboxylic acids is 1. The van der Waals surface area contributed by atoms with Crippen LogP contribution in [0, 0.1) is 6.92 Å². The van der Waals surface area contributed by atoms with Gasteiger partial charge < -0.3 is 19.7 Å². The van der Waals surface area contributed by atoms with Gasteiger partial charge >= 0.3 is 5.97 Å². The Hall–Kier alpha value is -2.83. The minimum atomic E-state index is -1.13. The monoisotopic (exact) mass is 332 g/mol. The molecular weight excluding hydrogens is 312 g/mol. The zero-order valence-electron chi connectivity index (χ0n) is 13.8. The molecule has 0 aliphatic rings. The second-order valence-corrected chi connectivity index (χ2v) is 5.65. The summed E-state index contributed by atoms with van der Waals surface area (Å²) in [6, 6.07) is 6.09. The Bertz CT molecular complexity index is 780. The van der Waals surface area contributed by atoms with Gasteiger partial charge in [0.25, 0.3) is 5.91 Å². The molecule has 24 heavy (non-hydrogen) atoms. The van der Waals surface area contributed by atoms with Crippen LogP contribution in [0.1, 0.15) is 30.0 Å². The molecule has 0 aliphatic heterocycles. The SMILES string of the molecule is CC(=O)NCCN(C(=O)c1cc2cc(C)ccc2o1)C(C)C(=O)O. The number of amides is 2. The van der Waals surface area contributed by atoms with E-state index in [0.717, 1.165) is 10.9 Å². The van der Waals surface area contributed by atoms with Gasteiger partial charge in [0.05, 0.1) is 0 Å². The highest BCUT2D eigenvalue weighted by molar-refractivity contribution is 5.98. The van der Waals surface area contributed by atoms with Gasteiger partial charge in [-0.1, -0.05) is 11.6 Å². The van der Waals surface area contributed by atoms with Gasteiger partial charge in [-0.25, -0.2) is 4.79 Å². The average Bonchev–Trinajstić information content (AvgIpc) is 2.93. The molecular formula is C17H20N2O5. The topological polar surface area (TPSA) is 99.9 Å². The number of aryl methyl sites for hydroxylation is 1. The van der Waals surface area contributed by atoms with E-state index in [9.17, 15) is 19.5 Å². The zero-order valence-corrected chi connectivity index (χ0v) is 13.8. The van der Waals surface area contributed by atoms with Crippen LogP contribution < -0.4 is 5.32 Å². The van der Waals surface area contributed by atoms with Gasteiger partial charge in [-0.05, 0) is 32.0 Å². The van der Waals surface area contributed by atoms with Crippen molar-refractivity contribution in [3.8, 4) is 0 Å². The van der Waals surface area contributed by atoms with Crippen LogP contribution in [0.4, 0.5) is 0 Å². The second kappa shape index (κ2) is 7.16. The third-order valence-corrected chi connectivity index (χ3v) is 3.69. The predicted octanol–water partition coefficient (Wildman–Crippen LogP) is 1.79. The molecule has 2 N–H and O–H groups in total. The van der Waals surface area contributed by atoms with Crippen LogP contribution in [0.15, 0.2) is 28.7 Å². The first-order chi connectivity index (χ1) is 11.3. The van der Waals surface area contributed by atoms with E-state index in [2.05, 4.69) is 5.32 Å². The average molecular weight is 332 g/mol. The van der Waals surface area contributed by atoms with Crippen LogP contribution in [0.5, 0.6) is 0 Å². The molecule has 2 amide bonds. The molecule has 0 bridgehead atoms. The van der Waals surface area contributed by atoms with Crippen LogP contribution in [-0.2, 0) is 9.59 Å². The van der Waals surface area contributed by atoms with Crippen molar-refractivity contribution in [1.29, 1.82) is 0 Å². The minimum Gasteiger partial charge on any atom is -0.480 e. The number of carbonyl (C=O) groups excluding carboxylic acids is 2. The molecule has 2 aromatic rings. The molecule has 1 heterocycles. The standard InChI is InChI=1S/C17H20N2O5/c1-10-4-5-14-13(8-10)9-15(24-14)16(21)19(11(2)17(22)23)7-6-18-12(3)20/h4-5,8-9,11H,6-7H2,1-3H3,(H,18,20)(H,22,23). The molecule has 0 radical (unpaired) electrons. The highest BCUT2D eigenvalue weighted by atomic mass is 16.4. The van der Waals surface area contributed by atoms with Gasteiger partial charge in [0, 0.05) is 25.4 Å². The van der Waals surface area contributed by atoms with Crippen molar-refractivity contribution in [3.63, 3.8) is 0 Å². The molecule has 0 spiro atoms. The number of rotatable bonds is 6. The number of aliphatic carboxylic acids is 1. The molecule has 0 fully saturated rings. The van der Waals surface area contributed by atoms with Crippen molar-refractivity contribution in [1.82, 2.24) is 10.2 Å². The van der Waals surface area contributed by atoms with E-state index in [-0.39, 0.29) is 24.8 Å². The Labute approximate surface area is 139 Å². The molecule has 1 unspecified atom stereocenters. The van der Waals surface area contributed by atoms with E-state index < -0.39 is 17.9 Å². The zero-order chi connectivity index (χ0) is 17.9. The largest absolute Gasteiger partial charge is 0.480 e. The van der Waals surface area contributed by atoms with Gasteiger partial charge in [-0.15, -0.1) is 0 Å². The fraction of sp³-hybridized carbons (Fsp3) is 0.353. The second-order valence-electron chi connectivity index (χ2n) is 5.65. The Balaban J connectivity index is 2.26. The van der Waals surface area contributed by atoms with Crippen molar-refractivity contribution in [2.45, 2.75) is 26.8 Å². The summed E-state index contributed by atoms with van der Waals surface area (Å²) in [5.74, 6) is -1.82. The molecule has 1 atom stereocenters. The summed E-state index contributed by atoms with van der Waals surface area (Å²) in [7, 11) is 0. The minimum absolute atomic E-state index is 0.0714. The number of nitrogens with one attached hydrogen (secondary N) is 1. The maximum atomic E-state index is 12.7. The summed E-state index contributed by atoms with van der Waals surface area (Å²) in [6.45, 7) is 4.94. The summed E-state index contributed by atoms with van der Waals surface area (Å²) >= 11 is 0. The van der Waals surface area contributed by atoms with E-state index in [1.54, 1.807) is 12.1 Å². The lowest BCUT2D eigenvalue weighted by Gasteiger charge is -2.25. The summed E-state index contributed by atoms with van der Waals surface area (Å²) in [6.07, 6.45) is 0. The number of hydrogen-bond donors (Lipinski definition) is 2. The Morgan fingerprint density at radius 1 is 1.29 bits per heavy atom. The number of nitrogens with zero attached hydrogens (tertiary/aromatic N) is 1. The van der Waals surface area contributed by atoms with Crippen molar-refractivity contribution in [2.24, 2.45) is 0 Å². The molecule has 7 nitrogen and oxygen atoms in total. The Kier molecular flexibility index (Phi) is 5.23. The van der Waals surface area contributed by atoms with Crippen LogP contribution >= 0.6 is 0 Å². The highest BCUT2D eigenvalue weighted by Crippen LogP contribution is 2.22. The third-order valence-electron chi connectivity index (χ3n) is 3.69. The summed E-state index contributed by atoms with van der Waals surface area (Å²) in [5.41, 5.74) is 1.59. The third kappa shape index (κ3) is 3.92.